The van der Waals surface area contributed by atoms with Crippen LogP contribution in [0.1, 0.15) is 11.1 Å². The fourth-order valence-electron chi connectivity index (χ4n) is 1.69. The van der Waals surface area contributed by atoms with E-state index in [0.717, 1.165) is 11.6 Å². The Balaban J connectivity index is 2.43. The number of aryl methyl sites for hydroxylation is 1. The van der Waals surface area contributed by atoms with Gasteiger partial charge in [0.05, 0.1) is 11.3 Å². The van der Waals surface area contributed by atoms with E-state index < -0.39 is 11.7 Å². The van der Waals surface area contributed by atoms with Crippen LogP contribution in [-0.4, -0.2) is 0 Å². The maximum atomic E-state index is 13.0. The van der Waals surface area contributed by atoms with Crippen molar-refractivity contribution in [2.75, 3.05) is 5.73 Å². The van der Waals surface area contributed by atoms with Gasteiger partial charge in [-0.15, -0.1) is 0 Å². The van der Waals surface area contributed by atoms with Crippen LogP contribution < -0.4 is 10.5 Å². The van der Waals surface area contributed by atoms with Gasteiger partial charge in [0, 0.05) is 4.47 Å². The maximum Gasteiger partial charge on any atom is 0.420 e. The molecule has 0 aliphatic carbocycles. The molecule has 0 aromatic heterocycles. The number of halogens is 4. The second-order valence-electron chi connectivity index (χ2n) is 4.28. The van der Waals surface area contributed by atoms with Crippen molar-refractivity contribution in [3.8, 4) is 11.5 Å². The lowest BCUT2D eigenvalue weighted by Gasteiger charge is -2.15. The van der Waals surface area contributed by atoms with Crippen molar-refractivity contribution in [1.82, 2.24) is 0 Å². The first-order chi connectivity index (χ1) is 9.27. The Kier molecular flexibility index (Phi) is 3.94. The lowest BCUT2D eigenvalue weighted by atomic mass is 10.2. The zero-order valence-electron chi connectivity index (χ0n) is 10.5. The number of benzene rings is 2. The van der Waals surface area contributed by atoms with Crippen molar-refractivity contribution >= 4 is 21.6 Å². The van der Waals surface area contributed by atoms with Gasteiger partial charge in [0.25, 0.3) is 0 Å². The van der Waals surface area contributed by atoms with Gasteiger partial charge >= 0.3 is 6.18 Å². The van der Waals surface area contributed by atoms with Gasteiger partial charge < -0.3 is 10.5 Å². The second-order valence-corrected chi connectivity index (χ2v) is 5.20. The normalized spacial score (nSPS) is 11.4. The van der Waals surface area contributed by atoms with Crippen molar-refractivity contribution in [2.24, 2.45) is 0 Å². The van der Waals surface area contributed by atoms with E-state index in [-0.39, 0.29) is 11.5 Å². The average Bonchev–Trinajstić information content (AvgIpc) is 2.33. The van der Waals surface area contributed by atoms with E-state index in [2.05, 4.69) is 15.9 Å². The third kappa shape index (κ3) is 3.25. The summed E-state index contributed by atoms with van der Waals surface area (Å²) < 4.78 is 44.5. The highest BCUT2D eigenvalue weighted by atomic mass is 79.9. The molecule has 0 amide bonds. The SMILES string of the molecule is Cc1ccc(Oc2ccc(Br)cc2C(F)(F)F)c(N)c1. The molecule has 0 saturated carbocycles. The van der Waals surface area contributed by atoms with Gasteiger partial charge in [0.15, 0.2) is 0 Å². The molecule has 0 radical (unpaired) electrons. The molecule has 0 spiro atoms. The molecule has 0 aliphatic rings. The number of nitrogen functional groups attached to an aromatic ring is 1. The molecule has 0 saturated heterocycles. The summed E-state index contributed by atoms with van der Waals surface area (Å²) in [6.07, 6.45) is -4.50. The van der Waals surface area contributed by atoms with E-state index in [4.69, 9.17) is 10.5 Å². The van der Waals surface area contributed by atoms with Gasteiger partial charge in [-0.25, -0.2) is 0 Å². The third-order valence-corrected chi connectivity index (χ3v) is 3.13. The second kappa shape index (κ2) is 5.36. The standard InChI is InChI=1S/C14H11BrF3NO/c1-8-2-4-13(11(19)6-8)20-12-5-3-9(15)7-10(12)14(16,17)18/h2-7H,19H2,1H3. The Morgan fingerprint density at radius 2 is 1.70 bits per heavy atom. The van der Waals surface area contributed by atoms with Crippen LogP contribution in [0.15, 0.2) is 40.9 Å². The number of ether oxygens (including phenoxy) is 1. The van der Waals surface area contributed by atoms with Gasteiger partial charge in [-0.3, -0.25) is 0 Å². The van der Waals surface area contributed by atoms with Crippen molar-refractivity contribution in [1.29, 1.82) is 0 Å². The first-order valence-electron chi connectivity index (χ1n) is 5.68. The van der Waals surface area contributed by atoms with E-state index in [1.165, 1.54) is 12.1 Å². The molecule has 2 aromatic carbocycles. The van der Waals surface area contributed by atoms with Gasteiger partial charge in [-0.05, 0) is 42.8 Å². The lowest BCUT2D eigenvalue weighted by molar-refractivity contribution is -0.138. The zero-order chi connectivity index (χ0) is 14.9. The van der Waals surface area contributed by atoms with E-state index in [1.807, 2.05) is 6.92 Å². The average molecular weight is 346 g/mol. The van der Waals surface area contributed by atoms with Crippen LogP contribution in [0.5, 0.6) is 11.5 Å². The molecule has 0 heterocycles. The molecule has 2 aromatic rings. The minimum atomic E-state index is -4.50. The van der Waals surface area contributed by atoms with Crippen LogP contribution in [-0.2, 0) is 6.18 Å². The van der Waals surface area contributed by atoms with E-state index in [1.54, 1.807) is 18.2 Å². The molecular formula is C14H11BrF3NO. The molecule has 2 N–H and O–H groups in total. The molecule has 20 heavy (non-hydrogen) atoms. The number of rotatable bonds is 2. The first kappa shape index (κ1) is 14.7. The Bertz CT molecular complexity index is 641. The quantitative estimate of drug-likeness (QED) is 0.763. The highest BCUT2D eigenvalue weighted by Crippen LogP contribution is 2.40. The lowest BCUT2D eigenvalue weighted by Crippen LogP contribution is -2.07. The molecule has 106 valence electrons. The highest BCUT2D eigenvalue weighted by molar-refractivity contribution is 9.10. The first-order valence-corrected chi connectivity index (χ1v) is 6.47. The molecule has 0 aliphatic heterocycles. The van der Waals surface area contributed by atoms with Crippen LogP contribution in [0.2, 0.25) is 0 Å². The smallest absolute Gasteiger partial charge is 0.420 e. The fraction of sp³-hybridized carbons (Fsp3) is 0.143. The summed E-state index contributed by atoms with van der Waals surface area (Å²) in [6.45, 7) is 1.83. The fourth-order valence-corrected chi connectivity index (χ4v) is 2.05. The van der Waals surface area contributed by atoms with Crippen molar-refractivity contribution in [2.45, 2.75) is 13.1 Å². The predicted molar refractivity (Wildman–Crippen MR) is 74.8 cm³/mol. The number of hydrogen-bond donors (Lipinski definition) is 1. The molecule has 0 atom stereocenters. The predicted octanol–water partition coefficient (Wildman–Crippen LogP) is 5.15. The summed E-state index contributed by atoms with van der Waals surface area (Å²) in [4.78, 5) is 0. The van der Waals surface area contributed by atoms with E-state index in [0.29, 0.717) is 10.2 Å². The van der Waals surface area contributed by atoms with Crippen LogP contribution in [0.25, 0.3) is 0 Å². The Morgan fingerprint density at radius 3 is 2.30 bits per heavy atom. The zero-order valence-corrected chi connectivity index (χ0v) is 12.0. The number of anilines is 1. The van der Waals surface area contributed by atoms with E-state index in [9.17, 15) is 13.2 Å². The number of hydrogen-bond acceptors (Lipinski definition) is 2. The van der Waals surface area contributed by atoms with Crippen LogP contribution in [0.3, 0.4) is 0 Å². The largest absolute Gasteiger partial charge is 0.455 e. The summed E-state index contributed by atoms with van der Waals surface area (Å²) in [5.74, 6) is -0.0836. The van der Waals surface area contributed by atoms with Crippen LogP contribution in [0.4, 0.5) is 18.9 Å². The molecule has 0 fully saturated rings. The summed E-state index contributed by atoms with van der Waals surface area (Å²) in [5, 5.41) is 0. The van der Waals surface area contributed by atoms with Crippen molar-refractivity contribution in [3.05, 3.63) is 52.0 Å². The molecular weight excluding hydrogens is 335 g/mol. The summed E-state index contributed by atoms with van der Waals surface area (Å²) in [7, 11) is 0. The molecule has 0 unspecified atom stereocenters. The summed E-state index contributed by atoms with van der Waals surface area (Å²) >= 11 is 3.02. The van der Waals surface area contributed by atoms with Crippen LogP contribution >= 0.6 is 15.9 Å². The highest BCUT2D eigenvalue weighted by Gasteiger charge is 2.34. The Labute approximate surface area is 122 Å². The van der Waals surface area contributed by atoms with Gasteiger partial charge in [-0.1, -0.05) is 22.0 Å². The summed E-state index contributed by atoms with van der Waals surface area (Å²) in [6, 6.07) is 8.62. The monoisotopic (exact) mass is 345 g/mol. The van der Waals surface area contributed by atoms with E-state index >= 15 is 0 Å². The molecule has 0 bridgehead atoms. The third-order valence-electron chi connectivity index (χ3n) is 2.63. The topological polar surface area (TPSA) is 35.2 Å². The van der Waals surface area contributed by atoms with Gasteiger partial charge in [-0.2, -0.15) is 13.2 Å². The van der Waals surface area contributed by atoms with Crippen molar-refractivity contribution < 1.29 is 17.9 Å². The Morgan fingerprint density at radius 1 is 1.05 bits per heavy atom. The number of nitrogens with two attached hydrogens (primary N) is 1. The number of alkyl halides is 3. The minimum absolute atomic E-state index is 0.198. The molecule has 2 nitrogen and oxygen atoms in total. The van der Waals surface area contributed by atoms with Crippen molar-refractivity contribution in [3.63, 3.8) is 0 Å². The van der Waals surface area contributed by atoms with Crippen LogP contribution in [0, 0.1) is 6.92 Å². The summed E-state index contributed by atoms with van der Waals surface area (Å²) in [5.41, 5.74) is 6.08. The maximum absolute atomic E-state index is 13.0. The van der Waals surface area contributed by atoms with Gasteiger partial charge in [0.2, 0.25) is 0 Å². The molecule has 6 heteroatoms. The molecule has 2 rings (SSSR count). The van der Waals surface area contributed by atoms with Gasteiger partial charge in [0.1, 0.15) is 11.5 Å². The minimum Gasteiger partial charge on any atom is -0.455 e. The Hall–Kier alpha value is -1.69.